The van der Waals surface area contributed by atoms with Crippen LogP contribution in [0.15, 0.2) is 211 Å². The van der Waals surface area contributed by atoms with Crippen molar-refractivity contribution in [3.05, 3.63) is 217 Å². The molecule has 9 aromatic carbocycles. The van der Waals surface area contributed by atoms with Crippen LogP contribution >= 0.6 is 0 Å². The van der Waals surface area contributed by atoms with Crippen molar-refractivity contribution in [2.24, 2.45) is 4.99 Å². The van der Waals surface area contributed by atoms with Gasteiger partial charge in [0, 0.05) is 38.2 Å². The van der Waals surface area contributed by atoms with Gasteiger partial charge in [0.15, 0.2) is 0 Å². The van der Waals surface area contributed by atoms with Gasteiger partial charge >= 0.3 is 0 Å². The van der Waals surface area contributed by atoms with E-state index in [0.717, 1.165) is 28.1 Å². The quantitative estimate of drug-likeness (QED) is 0.192. The number of rotatable bonds is 4. The second-order valence-electron chi connectivity index (χ2n) is 15.2. The maximum Gasteiger partial charge on any atom is 0.209 e. The van der Waals surface area contributed by atoms with Crippen LogP contribution < -0.4 is 5.32 Å². The van der Waals surface area contributed by atoms with Crippen molar-refractivity contribution < 1.29 is 0 Å². The molecule has 4 heteroatoms. The lowest BCUT2D eigenvalue weighted by Crippen LogP contribution is -2.36. The summed E-state index contributed by atoms with van der Waals surface area (Å²) in [5.41, 5.74) is 14.0. The van der Waals surface area contributed by atoms with Crippen LogP contribution in [0.25, 0.3) is 82.3 Å². The molecule has 12 rings (SSSR count). The number of aliphatic imine (C=N–C) groups is 1. The average molecular weight is 741 g/mol. The van der Waals surface area contributed by atoms with Crippen molar-refractivity contribution in [3.63, 3.8) is 0 Å². The molecule has 1 aliphatic heterocycles. The minimum Gasteiger partial charge on any atom is -0.344 e. The van der Waals surface area contributed by atoms with E-state index in [1.165, 1.54) is 77.0 Å². The molecule has 0 radical (unpaired) electrons. The Morgan fingerprint density at radius 1 is 0.414 bits per heavy atom. The van der Waals surface area contributed by atoms with Gasteiger partial charge in [0.05, 0.1) is 33.8 Å². The van der Waals surface area contributed by atoms with E-state index in [9.17, 15) is 0 Å². The van der Waals surface area contributed by atoms with Crippen molar-refractivity contribution in [2.45, 2.75) is 6.04 Å². The zero-order valence-electron chi connectivity index (χ0n) is 31.5. The van der Waals surface area contributed by atoms with Gasteiger partial charge in [-0.3, -0.25) is 4.57 Å². The molecule has 0 fully saturated rings. The molecule has 1 aliphatic rings. The fourth-order valence-electron chi connectivity index (χ4n) is 9.34. The summed E-state index contributed by atoms with van der Waals surface area (Å²) in [6.45, 7) is 0. The number of hydrogen-bond acceptors (Lipinski definition) is 2. The Labute approximate surface area is 335 Å². The molecule has 3 heterocycles. The fraction of sp³-hybridized carbons (Fsp3) is 0.0185. The lowest BCUT2D eigenvalue weighted by Gasteiger charge is -2.29. The highest BCUT2D eigenvalue weighted by Crippen LogP contribution is 2.42. The Bertz CT molecular complexity index is 3410. The standard InChI is InChI=1S/C54H36N4/c1-3-15-38(16-4-1)52-45-32-30-36-14-7-8-19-42(36)53(45)56-54(55-52)58-47-23-11-9-20-43(47)46-34-39(31-33-49(46)58)35-26-28-37(29-27-35)41-22-13-25-50-51(41)44-21-10-12-24-48(44)57(50)40-17-5-2-6-18-40/h1-34,52H,(H,55,56). The minimum atomic E-state index is -0.0527. The van der Waals surface area contributed by atoms with E-state index in [4.69, 9.17) is 4.99 Å². The van der Waals surface area contributed by atoms with Crippen molar-refractivity contribution in [1.82, 2.24) is 14.5 Å². The second kappa shape index (κ2) is 12.9. The predicted octanol–water partition coefficient (Wildman–Crippen LogP) is 13.6. The van der Waals surface area contributed by atoms with Crippen molar-refractivity contribution >= 4 is 66.0 Å². The van der Waals surface area contributed by atoms with Crippen LogP contribution in [0.3, 0.4) is 0 Å². The molecule has 58 heavy (non-hydrogen) atoms. The number of fused-ring (bicyclic) bond motifs is 9. The summed E-state index contributed by atoms with van der Waals surface area (Å²) in [7, 11) is 0. The molecule has 0 spiro atoms. The van der Waals surface area contributed by atoms with E-state index >= 15 is 0 Å². The molecule has 1 unspecified atom stereocenters. The van der Waals surface area contributed by atoms with E-state index < -0.39 is 0 Å². The van der Waals surface area contributed by atoms with Crippen LogP contribution in [0.5, 0.6) is 0 Å². The van der Waals surface area contributed by atoms with Gasteiger partial charge in [-0.2, -0.15) is 0 Å². The molecule has 0 saturated carbocycles. The molecule has 0 saturated heterocycles. The van der Waals surface area contributed by atoms with E-state index in [0.29, 0.717) is 0 Å². The molecule has 0 bridgehead atoms. The molecule has 0 aliphatic carbocycles. The molecular formula is C54H36N4. The molecule has 4 nitrogen and oxygen atoms in total. The Morgan fingerprint density at radius 3 is 1.84 bits per heavy atom. The average Bonchev–Trinajstić information content (AvgIpc) is 3.82. The molecule has 11 aromatic rings. The van der Waals surface area contributed by atoms with Gasteiger partial charge in [-0.05, 0) is 75.7 Å². The Morgan fingerprint density at radius 2 is 1.03 bits per heavy atom. The zero-order chi connectivity index (χ0) is 38.2. The lowest BCUT2D eigenvalue weighted by atomic mass is 9.93. The fourth-order valence-corrected chi connectivity index (χ4v) is 9.34. The van der Waals surface area contributed by atoms with Crippen LogP contribution in [-0.4, -0.2) is 15.1 Å². The number of para-hydroxylation sites is 3. The molecule has 2 aromatic heterocycles. The number of hydrogen-bond donors (Lipinski definition) is 1. The van der Waals surface area contributed by atoms with Gasteiger partial charge in [0.25, 0.3) is 0 Å². The summed E-state index contributed by atoms with van der Waals surface area (Å²) in [6.07, 6.45) is 0. The van der Waals surface area contributed by atoms with Crippen LogP contribution in [0.1, 0.15) is 17.2 Å². The second-order valence-corrected chi connectivity index (χ2v) is 15.2. The molecule has 1 N–H and O–H groups in total. The maximum atomic E-state index is 5.44. The van der Waals surface area contributed by atoms with Gasteiger partial charge < -0.3 is 9.88 Å². The number of benzene rings is 9. The first kappa shape index (κ1) is 32.5. The monoisotopic (exact) mass is 740 g/mol. The topological polar surface area (TPSA) is 34.2 Å². The van der Waals surface area contributed by atoms with Gasteiger partial charge in [0.1, 0.15) is 0 Å². The highest BCUT2D eigenvalue weighted by Gasteiger charge is 2.28. The Balaban J connectivity index is 0.978. The highest BCUT2D eigenvalue weighted by atomic mass is 15.2. The maximum absolute atomic E-state index is 5.44. The zero-order valence-corrected chi connectivity index (χ0v) is 31.5. The Kier molecular flexibility index (Phi) is 7.26. The van der Waals surface area contributed by atoms with E-state index in [-0.39, 0.29) is 6.04 Å². The van der Waals surface area contributed by atoms with Gasteiger partial charge in [-0.15, -0.1) is 0 Å². The summed E-state index contributed by atoms with van der Waals surface area (Å²) in [6, 6.07) is 74.4. The number of nitrogens with one attached hydrogen (secondary N) is 1. The molecule has 0 amide bonds. The summed E-state index contributed by atoms with van der Waals surface area (Å²) in [4.78, 5) is 5.44. The summed E-state index contributed by atoms with van der Waals surface area (Å²) in [5.74, 6) is 0.823. The summed E-state index contributed by atoms with van der Waals surface area (Å²) < 4.78 is 4.69. The van der Waals surface area contributed by atoms with Crippen molar-refractivity contribution in [1.29, 1.82) is 0 Å². The minimum absolute atomic E-state index is 0.0527. The van der Waals surface area contributed by atoms with Crippen LogP contribution in [0.4, 0.5) is 5.69 Å². The lowest BCUT2D eigenvalue weighted by molar-refractivity contribution is 0.733. The van der Waals surface area contributed by atoms with Gasteiger partial charge in [0.2, 0.25) is 5.96 Å². The SMILES string of the molecule is c1ccc(C2NC(n3c4ccccc4c4cc(-c5ccc(-c6cccc7c6c6ccccc6n7-c6ccccc6)cc5)ccc43)=Nc3c2ccc2ccccc32)cc1. The third-order valence-electron chi connectivity index (χ3n) is 12.0. The molecule has 272 valence electrons. The molecule has 1 atom stereocenters. The normalized spacial score (nSPS) is 13.9. The number of nitrogens with zero attached hydrogens (tertiary/aromatic N) is 3. The largest absolute Gasteiger partial charge is 0.344 e. The first-order chi connectivity index (χ1) is 28.8. The predicted molar refractivity (Wildman–Crippen MR) is 243 cm³/mol. The third-order valence-corrected chi connectivity index (χ3v) is 12.0. The van der Waals surface area contributed by atoms with Crippen molar-refractivity contribution in [3.8, 4) is 27.9 Å². The van der Waals surface area contributed by atoms with E-state index in [1.807, 2.05) is 0 Å². The summed E-state index contributed by atoms with van der Waals surface area (Å²) in [5, 5.41) is 11.2. The summed E-state index contributed by atoms with van der Waals surface area (Å²) >= 11 is 0. The van der Waals surface area contributed by atoms with E-state index in [1.54, 1.807) is 0 Å². The Hall–Kier alpha value is -7.69. The molecular weight excluding hydrogens is 705 g/mol. The third kappa shape index (κ3) is 4.98. The first-order valence-corrected chi connectivity index (χ1v) is 19.9. The smallest absolute Gasteiger partial charge is 0.209 e. The van der Waals surface area contributed by atoms with Gasteiger partial charge in [-0.1, -0.05) is 164 Å². The van der Waals surface area contributed by atoms with Crippen molar-refractivity contribution in [2.75, 3.05) is 0 Å². The van der Waals surface area contributed by atoms with Crippen LogP contribution in [0, 0.1) is 0 Å². The number of aromatic nitrogens is 2. The highest BCUT2D eigenvalue weighted by molar-refractivity contribution is 6.17. The van der Waals surface area contributed by atoms with E-state index in [2.05, 4.69) is 221 Å². The van der Waals surface area contributed by atoms with Gasteiger partial charge in [-0.25, -0.2) is 4.99 Å². The first-order valence-electron chi connectivity index (χ1n) is 19.9. The van der Waals surface area contributed by atoms with Crippen LogP contribution in [-0.2, 0) is 0 Å². The van der Waals surface area contributed by atoms with Crippen LogP contribution in [0.2, 0.25) is 0 Å².